The molecule has 0 saturated carbocycles. The molecule has 0 saturated heterocycles. The Balaban J connectivity index is 2.31. The van der Waals surface area contributed by atoms with Crippen molar-refractivity contribution in [2.75, 3.05) is 12.8 Å². The highest BCUT2D eigenvalue weighted by Crippen LogP contribution is 2.36. The molecule has 0 fully saturated rings. The second-order valence-electron chi connectivity index (χ2n) is 4.04. The average Bonchev–Trinajstić information content (AvgIpc) is 2.40. The second-order valence-corrected chi connectivity index (χ2v) is 4.04. The number of ether oxygens (including phenoxy) is 2. The van der Waals surface area contributed by atoms with Crippen LogP contribution in [0.3, 0.4) is 0 Å². The van der Waals surface area contributed by atoms with Crippen molar-refractivity contribution < 1.29 is 22.6 Å². The van der Waals surface area contributed by atoms with E-state index in [-0.39, 0.29) is 5.75 Å². The molecular formula is C14H12F3NO2. The van der Waals surface area contributed by atoms with Crippen LogP contribution in [0.15, 0.2) is 42.5 Å². The summed E-state index contributed by atoms with van der Waals surface area (Å²) in [5.41, 5.74) is 5.29. The number of halogens is 3. The molecule has 106 valence electrons. The lowest BCUT2D eigenvalue weighted by atomic mass is 10.2. The predicted octanol–water partition coefficient (Wildman–Crippen LogP) is 4.09. The van der Waals surface area contributed by atoms with Crippen molar-refractivity contribution in [2.45, 2.75) is 6.18 Å². The van der Waals surface area contributed by atoms with Crippen molar-refractivity contribution in [3.05, 3.63) is 48.0 Å². The molecule has 2 aromatic rings. The molecule has 0 unspecified atom stereocenters. The molecular weight excluding hydrogens is 271 g/mol. The summed E-state index contributed by atoms with van der Waals surface area (Å²) >= 11 is 0. The van der Waals surface area contributed by atoms with E-state index in [2.05, 4.69) is 0 Å². The van der Waals surface area contributed by atoms with E-state index in [1.807, 2.05) is 0 Å². The summed E-state index contributed by atoms with van der Waals surface area (Å²) in [6.07, 6.45) is -4.41. The van der Waals surface area contributed by atoms with Gasteiger partial charge in [-0.05, 0) is 30.3 Å². The van der Waals surface area contributed by atoms with E-state index in [1.54, 1.807) is 6.07 Å². The monoisotopic (exact) mass is 283 g/mol. The zero-order chi connectivity index (χ0) is 14.8. The van der Waals surface area contributed by atoms with Crippen molar-refractivity contribution in [1.29, 1.82) is 0 Å². The molecule has 0 aliphatic rings. The topological polar surface area (TPSA) is 44.5 Å². The van der Waals surface area contributed by atoms with Crippen LogP contribution in [0.1, 0.15) is 5.56 Å². The maximum absolute atomic E-state index is 12.6. The van der Waals surface area contributed by atoms with Gasteiger partial charge in [-0.3, -0.25) is 0 Å². The van der Waals surface area contributed by atoms with Gasteiger partial charge in [-0.15, -0.1) is 0 Å². The van der Waals surface area contributed by atoms with Gasteiger partial charge in [-0.2, -0.15) is 13.2 Å². The Hall–Kier alpha value is -2.37. The Kier molecular flexibility index (Phi) is 3.74. The standard InChI is InChI=1S/C14H12F3NO2/c1-19-13-8-10(18)5-6-12(13)20-11-4-2-3-9(7-11)14(15,16)17/h2-8H,18H2,1H3. The minimum atomic E-state index is -4.41. The number of rotatable bonds is 3. The third-order valence-electron chi connectivity index (χ3n) is 2.58. The summed E-state index contributed by atoms with van der Waals surface area (Å²) in [5.74, 6) is 0.714. The Morgan fingerprint density at radius 1 is 1.00 bits per heavy atom. The summed E-state index contributed by atoms with van der Waals surface area (Å²) in [4.78, 5) is 0. The van der Waals surface area contributed by atoms with E-state index in [0.717, 1.165) is 12.1 Å². The Morgan fingerprint density at radius 2 is 1.75 bits per heavy atom. The smallest absolute Gasteiger partial charge is 0.416 e. The quantitative estimate of drug-likeness (QED) is 0.863. The second kappa shape index (κ2) is 5.32. The van der Waals surface area contributed by atoms with Gasteiger partial charge in [-0.1, -0.05) is 6.07 Å². The minimum Gasteiger partial charge on any atom is -0.493 e. The van der Waals surface area contributed by atoms with Crippen molar-refractivity contribution >= 4 is 5.69 Å². The van der Waals surface area contributed by atoms with E-state index >= 15 is 0 Å². The number of benzene rings is 2. The van der Waals surface area contributed by atoms with E-state index in [4.69, 9.17) is 15.2 Å². The normalized spacial score (nSPS) is 11.2. The molecule has 6 heteroatoms. The van der Waals surface area contributed by atoms with Crippen LogP contribution in [-0.4, -0.2) is 7.11 Å². The lowest BCUT2D eigenvalue weighted by Crippen LogP contribution is -2.04. The average molecular weight is 283 g/mol. The van der Waals surface area contributed by atoms with E-state index < -0.39 is 11.7 Å². The van der Waals surface area contributed by atoms with Gasteiger partial charge in [0.15, 0.2) is 11.5 Å². The highest BCUT2D eigenvalue weighted by molar-refractivity contribution is 5.53. The lowest BCUT2D eigenvalue weighted by molar-refractivity contribution is -0.137. The van der Waals surface area contributed by atoms with Gasteiger partial charge < -0.3 is 15.2 Å². The highest BCUT2D eigenvalue weighted by atomic mass is 19.4. The first kappa shape index (κ1) is 14.0. The zero-order valence-electron chi connectivity index (χ0n) is 10.6. The minimum absolute atomic E-state index is 0.0721. The van der Waals surface area contributed by atoms with Crippen molar-refractivity contribution in [1.82, 2.24) is 0 Å². The lowest BCUT2D eigenvalue weighted by Gasteiger charge is -2.12. The number of nitrogen functional groups attached to an aromatic ring is 1. The Morgan fingerprint density at radius 3 is 2.40 bits per heavy atom. The fourth-order valence-corrected chi connectivity index (χ4v) is 1.63. The summed E-state index contributed by atoms with van der Waals surface area (Å²) in [6.45, 7) is 0. The number of anilines is 1. The van der Waals surface area contributed by atoms with E-state index in [1.165, 1.54) is 31.4 Å². The molecule has 2 rings (SSSR count). The van der Waals surface area contributed by atoms with Crippen LogP contribution >= 0.6 is 0 Å². The van der Waals surface area contributed by atoms with Crippen LogP contribution in [0.25, 0.3) is 0 Å². The number of nitrogens with two attached hydrogens (primary N) is 1. The zero-order valence-corrected chi connectivity index (χ0v) is 10.6. The summed E-state index contributed by atoms with van der Waals surface area (Å²) in [7, 11) is 1.42. The Bertz CT molecular complexity index is 612. The van der Waals surface area contributed by atoms with Gasteiger partial charge in [0.05, 0.1) is 12.7 Å². The summed E-state index contributed by atoms with van der Waals surface area (Å²) in [6, 6.07) is 9.26. The molecule has 3 nitrogen and oxygen atoms in total. The van der Waals surface area contributed by atoms with Crippen molar-refractivity contribution in [3.63, 3.8) is 0 Å². The number of hydrogen-bond acceptors (Lipinski definition) is 3. The van der Waals surface area contributed by atoms with Gasteiger partial charge >= 0.3 is 6.18 Å². The molecule has 0 aromatic heterocycles. The number of alkyl halides is 3. The molecule has 0 amide bonds. The van der Waals surface area contributed by atoms with Gasteiger partial charge in [0.1, 0.15) is 5.75 Å². The largest absolute Gasteiger partial charge is 0.493 e. The van der Waals surface area contributed by atoms with Crippen LogP contribution in [0.2, 0.25) is 0 Å². The van der Waals surface area contributed by atoms with Crippen LogP contribution in [-0.2, 0) is 6.18 Å². The maximum Gasteiger partial charge on any atom is 0.416 e. The molecule has 0 bridgehead atoms. The number of methoxy groups -OCH3 is 1. The first-order valence-corrected chi connectivity index (χ1v) is 5.69. The molecule has 0 heterocycles. The molecule has 2 N–H and O–H groups in total. The molecule has 0 atom stereocenters. The van der Waals surface area contributed by atoms with E-state index in [0.29, 0.717) is 17.2 Å². The Labute approximate surface area is 113 Å². The van der Waals surface area contributed by atoms with Crippen LogP contribution < -0.4 is 15.2 Å². The van der Waals surface area contributed by atoms with Gasteiger partial charge in [0.25, 0.3) is 0 Å². The summed E-state index contributed by atoms with van der Waals surface area (Å²) < 4.78 is 48.3. The molecule has 2 aromatic carbocycles. The van der Waals surface area contributed by atoms with Crippen LogP contribution in [0.5, 0.6) is 17.2 Å². The molecule has 0 aliphatic carbocycles. The molecule has 0 spiro atoms. The molecule has 0 radical (unpaired) electrons. The highest BCUT2D eigenvalue weighted by Gasteiger charge is 2.30. The third kappa shape index (κ3) is 3.14. The SMILES string of the molecule is COc1cc(N)ccc1Oc1cccc(C(F)(F)F)c1. The van der Waals surface area contributed by atoms with Gasteiger partial charge in [-0.25, -0.2) is 0 Å². The fraction of sp³-hybridized carbons (Fsp3) is 0.143. The fourth-order valence-electron chi connectivity index (χ4n) is 1.63. The maximum atomic E-state index is 12.6. The third-order valence-corrected chi connectivity index (χ3v) is 2.58. The van der Waals surface area contributed by atoms with Crippen molar-refractivity contribution in [2.24, 2.45) is 0 Å². The van der Waals surface area contributed by atoms with Crippen molar-refractivity contribution in [3.8, 4) is 17.2 Å². The first-order valence-electron chi connectivity index (χ1n) is 5.69. The van der Waals surface area contributed by atoms with Gasteiger partial charge in [0, 0.05) is 11.8 Å². The summed E-state index contributed by atoms with van der Waals surface area (Å²) in [5, 5.41) is 0. The predicted molar refractivity (Wildman–Crippen MR) is 68.9 cm³/mol. The van der Waals surface area contributed by atoms with Gasteiger partial charge in [0.2, 0.25) is 0 Å². The first-order chi connectivity index (χ1) is 9.40. The number of hydrogen-bond donors (Lipinski definition) is 1. The molecule has 0 aliphatic heterocycles. The van der Waals surface area contributed by atoms with Crippen LogP contribution in [0.4, 0.5) is 18.9 Å². The molecule has 20 heavy (non-hydrogen) atoms. The van der Waals surface area contributed by atoms with Crippen LogP contribution in [0, 0.1) is 0 Å². The van der Waals surface area contributed by atoms with E-state index in [9.17, 15) is 13.2 Å².